The first kappa shape index (κ1) is 20.4. The topological polar surface area (TPSA) is 52.8 Å². The fourth-order valence-electron chi connectivity index (χ4n) is 2.90. The van der Waals surface area contributed by atoms with Crippen molar-refractivity contribution in [3.8, 4) is 22.8 Å². The van der Waals surface area contributed by atoms with E-state index in [2.05, 4.69) is 27.8 Å². The van der Waals surface area contributed by atoms with E-state index in [1.54, 1.807) is 32.4 Å². The number of amides is 1. The first-order valence-electron chi connectivity index (χ1n) is 8.74. The molecule has 1 aromatic heterocycles. The van der Waals surface area contributed by atoms with Gasteiger partial charge in [0, 0.05) is 17.5 Å². The number of carbonyl (C=O) groups excluding carboxylic acids is 1. The van der Waals surface area contributed by atoms with Crippen LogP contribution in [0.2, 0.25) is 0 Å². The van der Waals surface area contributed by atoms with Gasteiger partial charge in [0.2, 0.25) is 0 Å². The van der Waals surface area contributed by atoms with E-state index >= 15 is 0 Å². The average molecular weight is 461 g/mol. The molecule has 3 aromatic rings. The number of hydrogen-bond donors (Lipinski definition) is 0. The molecule has 0 atom stereocenters. The minimum absolute atomic E-state index is 0.288. The SMILES string of the molecule is CCc1sc(=NC(=O)c2ccc(OC)c(Br)c2)n(C)c1-c1ccc(OC)cc1. The Bertz CT molecular complexity index is 1070. The molecule has 0 bridgehead atoms. The minimum Gasteiger partial charge on any atom is -0.497 e. The molecule has 5 nitrogen and oxygen atoms in total. The smallest absolute Gasteiger partial charge is 0.279 e. The van der Waals surface area contributed by atoms with Gasteiger partial charge in [-0.2, -0.15) is 4.99 Å². The predicted octanol–water partition coefficient (Wildman–Crippen LogP) is 4.84. The van der Waals surface area contributed by atoms with Gasteiger partial charge in [0.25, 0.3) is 5.91 Å². The van der Waals surface area contributed by atoms with Crippen molar-refractivity contribution in [1.29, 1.82) is 0 Å². The molecular formula is C21H21BrN2O3S. The van der Waals surface area contributed by atoms with Crippen molar-refractivity contribution in [1.82, 2.24) is 4.57 Å². The molecule has 0 aliphatic carbocycles. The lowest BCUT2D eigenvalue weighted by Gasteiger charge is -2.07. The van der Waals surface area contributed by atoms with Crippen LogP contribution in [-0.4, -0.2) is 24.7 Å². The number of carbonyl (C=O) groups is 1. The summed E-state index contributed by atoms with van der Waals surface area (Å²) < 4.78 is 13.2. The Kier molecular flexibility index (Phi) is 6.36. The van der Waals surface area contributed by atoms with Crippen molar-refractivity contribution >= 4 is 33.2 Å². The van der Waals surface area contributed by atoms with Crippen LogP contribution in [0.25, 0.3) is 11.3 Å². The third kappa shape index (κ3) is 4.05. The highest BCUT2D eigenvalue weighted by Gasteiger charge is 2.14. The summed E-state index contributed by atoms with van der Waals surface area (Å²) in [5, 5.41) is 0. The molecule has 28 heavy (non-hydrogen) atoms. The highest BCUT2D eigenvalue weighted by molar-refractivity contribution is 9.10. The summed E-state index contributed by atoms with van der Waals surface area (Å²) in [5.74, 6) is 1.20. The van der Waals surface area contributed by atoms with E-state index in [4.69, 9.17) is 9.47 Å². The number of benzene rings is 2. The van der Waals surface area contributed by atoms with Gasteiger partial charge in [-0.05, 0) is 70.4 Å². The zero-order valence-electron chi connectivity index (χ0n) is 16.2. The molecule has 7 heteroatoms. The molecule has 0 aliphatic heterocycles. The van der Waals surface area contributed by atoms with Crippen LogP contribution in [0.4, 0.5) is 0 Å². The van der Waals surface area contributed by atoms with Gasteiger partial charge >= 0.3 is 0 Å². The van der Waals surface area contributed by atoms with Gasteiger partial charge in [0.1, 0.15) is 11.5 Å². The van der Waals surface area contributed by atoms with Crippen LogP contribution in [0.5, 0.6) is 11.5 Å². The summed E-state index contributed by atoms with van der Waals surface area (Å²) in [7, 11) is 5.17. The number of aromatic nitrogens is 1. The molecule has 0 fully saturated rings. The molecule has 2 aromatic carbocycles. The Hall–Kier alpha value is -2.38. The zero-order chi connectivity index (χ0) is 20.3. The average Bonchev–Trinajstić information content (AvgIpc) is 3.03. The fourth-order valence-corrected chi connectivity index (χ4v) is 4.52. The molecule has 0 spiro atoms. The maximum absolute atomic E-state index is 12.7. The number of ether oxygens (including phenoxy) is 2. The Morgan fingerprint density at radius 3 is 2.43 bits per heavy atom. The maximum Gasteiger partial charge on any atom is 0.279 e. The van der Waals surface area contributed by atoms with Crippen molar-refractivity contribution in [3.05, 3.63) is 62.2 Å². The van der Waals surface area contributed by atoms with E-state index in [-0.39, 0.29) is 5.91 Å². The van der Waals surface area contributed by atoms with Crippen LogP contribution in [0, 0.1) is 0 Å². The summed E-state index contributed by atoms with van der Waals surface area (Å²) in [6, 6.07) is 13.1. The summed E-state index contributed by atoms with van der Waals surface area (Å²) in [5.41, 5.74) is 2.64. The van der Waals surface area contributed by atoms with Gasteiger partial charge in [-0.25, -0.2) is 0 Å². The van der Waals surface area contributed by atoms with E-state index in [0.717, 1.165) is 27.9 Å². The van der Waals surface area contributed by atoms with Crippen LogP contribution in [0.3, 0.4) is 0 Å². The number of aryl methyl sites for hydroxylation is 1. The molecule has 0 radical (unpaired) electrons. The lowest BCUT2D eigenvalue weighted by atomic mass is 10.1. The van der Waals surface area contributed by atoms with E-state index in [9.17, 15) is 4.79 Å². The standard InChI is InChI=1S/C21H21BrN2O3S/c1-5-18-19(13-6-9-15(26-3)10-7-13)24(2)21(28-18)23-20(25)14-8-11-17(27-4)16(22)12-14/h6-12H,5H2,1-4H3. The number of thiazole rings is 1. The van der Waals surface area contributed by atoms with Crippen molar-refractivity contribution in [2.24, 2.45) is 12.0 Å². The minimum atomic E-state index is -0.288. The highest BCUT2D eigenvalue weighted by atomic mass is 79.9. The van der Waals surface area contributed by atoms with Crippen LogP contribution < -0.4 is 14.3 Å². The zero-order valence-corrected chi connectivity index (χ0v) is 18.6. The van der Waals surface area contributed by atoms with E-state index in [0.29, 0.717) is 16.1 Å². The second-order valence-corrected chi connectivity index (χ2v) is 7.98. The lowest BCUT2D eigenvalue weighted by molar-refractivity contribution is 0.0998. The lowest BCUT2D eigenvalue weighted by Crippen LogP contribution is -2.14. The summed E-state index contributed by atoms with van der Waals surface area (Å²) in [4.78, 5) is 18.9. The molecule has 0 N–H and O–H groups in total. The normalized spacial score (nSPS) is 11.5. The highest BCUT2D eigenvalue weighted by Crippen LogP contribution is 2.28. The fraction of sp³-hybridized carbons (Fsp3) is 0.238. The quantitative estimate of drug-likeness (QED) is 0.547. The van der Waals surface area contributed by atoms with Crippen molar-refractivity contribution in [2.75, 3.05) is 14.2 Å². The molecule has 3 rings (SSSR count). The Labute approximate surface area is 176 Å². The van der Waals surface area contributed by atoms with Crippen molar-refractivity contribution in [2.45, 2.75) is 13.3 Å². The first-order chi connectivity index (χ1) is 13.5. The van der Waals surface area contributed by atoms with Gasteiger partial charge in [0.15, 0.2) is 4.80 Å². The number of methoxy groups -OCH3 is 2. The van der Waals surface area contributed by atoms with Crippen LogP contribution in [0.15, 0.2) is 51.9 Å². The van der Waals surface area contributed by atoms with Gasteiger partial charge < -0.3 is 14.0 Å². The van der Waals surface area contributed by atoms with Crippen LogP contribution in [-0.2, 0) is 13.5 Å². The van der Waals surface area contributed by atoms with Gasteiger partial charge in [-0.15, -0.1) is 11.3 Å². The number of hydrogen-bond acceptors (Lipinski definition) is 4. The van der Waals surface area contributed by atoms with Crippen LogP contribution >= 0.6 is 27.3 Å². The Balaban J connectivity index is 2.03. The third-order valence-corrected chi connectivity index (χ3v) is 6.28. The second-order valence-electron chi connectivity index (χ2n) is 6.06. The molecule has 1 heterocycles. The molecule has 146 valence electrons. The number of halogens is 1. The number of rotatable bonds is 5. The molecule has 0 unspecified atom stereocenters. The molecule has 0 aliphatic rings. The molecule has 1 amide bonds. The van der Waals surface area contributed by atoms with Crippen LogP contribution in [0.1, 0.15) is 22.2 Å². The monoisotopic (exact) mass is 460 g/mol. The molecular weight excluding hydrogens is 440 g/mol. The Morgan fingerprint density at radius 1 is 1.14 bits per heavy atom. The van der Waals surface area contributed by atoms with Gasteiger partial charge in [-0.1, -0.05) is 6.92 Å². The van der Waals surface area contributed by atoms with E-state index < -0.39 is 0 Å². The summed E-state index contributed by atoms with van der Waals surface area (Å²) >= 11 is 4.95. The predicted molar refractivity (Wildman–Crippen MR) is 115 cm³/mol. The van der Waals surface area contributed by atoms with E-state index in [1.807, 2.05) is 35.9 Å². The van der Waals surface area contributed by atoms with Gasteiger partial charge in [0.05, 0.1) is 24.4 Å². The van der Waals surface area contributed by atoms with Crippen molar-refractivity contribution in [3.63, 3.8) is 0 Å². The summed E-state index contributed by atoms with van der Waals surface area (Å²) in [6.45, 7) is 2.10. The first-order valence-corrected chi connectivity index (χ1v) is 10.3. The number of nitrogens with zero attached hydrogens (tertiary/aromatic N) is 2. The summed E-state index contributed by atoms with van der Waals surface area (Å²) in [6.07, 6.45) is 0.859. The largest absolute Gasteiger partial charge is 0.497 e. The molecule has 0 saturated heterocycles. The maximum atomic E-state index is 12.7. The second kappa shape index (κ2) is 8.75. The molecule has 0 saturated carbocycles. The Morgan fingerprint density at radius 2 is 1.86 bits per heavy atom. The van der Waals surface area contributed by atoms with Gasteiger partial charge in [-0.3, -0.25) is 4.79 Å². The van der Waals surface area contributed by atoms with Crippen molar-refractivity contribution < 1.29 is 14.3 Å². The third-order valence-electron chi connectivity index (χ3n) is 4.38. The van der Waals surface area contributed by atoms with E-state index in [1.165, 1.54) is 16.2 Å².